The Kier molecular flexibility index (Phi) is 6.43. The van der Waals surface area contributed by atoms with Crippen LogP contribution in [0.25, 0.3) is 17.3 Å². The fraction of sp³-hybridized carbons (Fsp3) is 0.0769. The van der Waals surface area contributed by atoms with E-state index in [2.05, 4.69) is 51.4 Å². The van der Waals surface area contributed by atoms with Gasteiger partial charge in [0.15, 0.2) is 5.69 Å². The van der Waals surface area contributed by atoms with E-state index in [4.69, 9.17) is 4.74 Å². The molecule has 1 heterocycles. The molecule has 31 heavy (non-hydrogen) atoms. The van der Waals surface area contributed by atoms with Crippen LogP contribution in [-0.4, -0.2) is 22.4 Å². The first-order valence-corrected chi connectivity index (χ1v) is 10.8. The number of rotatable bonds is 6. The maximum absolute atomic E-state index is 12.5. The van der Waals surface area contributed by atoms with Crippen LogP contribution in [0.15, 0.2) is 95.5 Å². The van der Waals surface area contributed by atoms with Crippen molar-refractivity contribution in [3.8, 4) is 5.69 Å². The first-order valence-electron chi connectivity index (χ1n) is 10.0. The Morgan fingerprint density at radius 2 is 1.61 bits per heavy atom. The summed E-state index contributed by atoms with van der Waals surface area (Å²) in [6.07, 6.45) is 2.11. The van der Waals surface area contributed by atoms with Crippen molar-refractivity contribution in [2.45, 2.75) is 6.92 Å². The lowest BCUT2D eigenvalue weighted by Gasteiger charge is -2.12. The Bertz CT molecular complexity index is 1200. The molecule has 154 valence electrons. The van der Waals surface area contributed by atoms with Gasteiger partial charge in [-0.2, -0.15) is 5.10 Å². The minimum atomic E-state index is -0.438. The van der Waals surface area contributed by atoms with E-state index in [1.54, 1.807) is 17.7 Å². The van der Waals surface area contributed by atoms with Crippen molar-refractivity contribution in [2.75, 3.05) is 6.61 Å². The first kappa shape index (κ1) is 20.8. The number of nitrogens with zero attached hydrogens (tertiary/aromatic N) is 2. The fourth-order valence-electron chi connectivity index (χ4n) is 3.30. The SMILES string of the molecule is CCOC(=O)c1cc(/C(=C/c2ccccc2)c2ccccc2)n(-c2ccc(Br)cc2)n1. The lowest BCUT2D eigenvalue weighted by atomic mass is 9.99. The third-order valence-electron chi connectivity index (χ3n) is 4.74. The largest absolute Gasteiger partial charge is 0.461 e. The number of aromatic nitrogens is 2. The molecule has 0 spiro atoms. The number of hydrogen-bond donors (Lipinski definition) is 0. The summed E-state index contributed by atoms with van der Waals surface area (Å²) in [5.74, 6) is -0.438. The van der Waals surface area contributed by atoms with Crippen molar-refractivity contribution >= 4 is 33.5 Å². The quantitative estimate of drug-likeness (QED) is 0.241. The molecule has 0 aliphatic carbocycles. The van der Waals surface area contributed by atoms with Crippen molar-refractivity contribution in [3.63, 3.8) is 0 Å². The molecule has 4 rings (SSSR count). The third-order valence-corrected chi connectivity index (χ3v) is 5.27. The van der Waals surface area contributed by atoms with E-state index in [9.17, 15) is 4.79 Å². The van der Waals surface area contributed by atoms with Crippen LogP contribution in [0.1, 0.15) is 34.2 Å². The average Bonchev–Trinajstić information content (AvgIpc) is 3.25. The van der Waals surface area contributed by atoms with Gasteiger partial charge in [0.1, 0.15) is 0 Å². The predicted octanol–water partition coefficient (Wildman–Crippen LogP) is 6.40. The Balaban J connectivity index is 1.94. The van der Waals surface area contributed by atoms with Crippen LogP contribution >= 0.6 is 15.9 Å². The molecule has 0 amide bonds. The number of carbonyl (C=O) groups is 1. The molecule has 0 N–H and O–H groups in total. The van der Waals surface area contributed by atoms with Gasteiger partial charge in [0.05, 0.1) is 18.0 Å². The Morgan fingerprint density at radius 3 is 2.26 bits per heavy atom. The summed E-state index contributed by atoms with van der Waals surface area (Å²) < 4.78 is 7.98. The maximum Gasteiger partial charge on any atom is 0.358 e. The zero-order chi connectivity index (χ0) is 21.6. The molecule has 1 aromatic heterocycles. The summed E-state index contributed by atoms with van der Waals surface area (Å²) in [6.45, 7) is 2.08. The number of hydrogen-bond acceptors (Lipinski definition) is 3. The van der Waals surface area contributed by atoms with Gasteiger partial charge in [0.25, 0.3) is 0 Å². The third kappa shape index (κ3) is 4.84. The highest BCUT2D eigenvalue weighted by Crippen LogP contribution is 2.29. The van der Waals surface area contributed by atoms with Gasteiger partial charge in [0, 0.05) is 10.0 Å². The van der Waals surface area contributed by atoms with Crippen molar-refractivity contribution in [1.29, 1.82) is 0 Å². The van der Waals surface area contributed by atoms with Crippen LogP contribution in [0.4, 0.5) is 0 Å². The van der Waals surface area contributed by atoms with Crippen LogP contribution in [0.2, 0.25) is 0 Å². The van der Waals surface area contributed by atoms with E-state index in [1.807, 2.05) is 60.7 Å². The van der Waals surface area contributed by atoms with Crippen molar-refractivity contribution in [2.24, 2.45) is 0 Å². The van der Waals surface area contributed by atoms with Crippen molar-refractivity contribution in [3.05, 3.63) is 118 Å². The highest BCUT2D eigenvalue weighted by Gasteiger charge is 2.20. The van der Waals surface area contributed by atoms with E-state index >= 15 is 0 Å². The number of carbonyl (C=O) groups excluding carboxylic acids is 1. The van der Waals surface area contributed by atoms with Gasteiger partial charge in [-0.1, -0.05) is 76.6 Å². The average molecular weight is 473 g/mol. The molecule has 0 aliphatic heterocycles. The molecule has 0 unspecified atom stereocenters. The molecule has 0 bridgehead atoms. The van der Waals surface area contributed by atoms with Crippen molar-refractivity contribution in [1.82, 2.24) is 9.78 Å². The summed E-state index contributed by atoms with van der Waals surface area (Å²) in [4.78, 5) is 12.5. The molecule has 0 aliphatic rings. The van der Waals surface area contributed by atoms with Gasteiger partial charge >= 0.3 is 5.97 Å². The fourth-order valence-corrected chi connectivity index (χ4v) is 3.56. The molecule has 4 aromatic rings. The predicted molar refractivity (Wildman–Crippen MR) is 127 cm³/mol. The molecule has 0 fully saturated rings. The van der Waals surface area contributed by atoms with E-state index in [0.717, 1.165) is 32.6 Å². The Labute approximate surface area is 189 Å². The molecular weight excluding hydrogens is 452 g/mol. The molecular formula is C26H21BrN2O2. The minimum Gasteiger partial charge on any atom is -0.461 e. The standard InChI is InChI=1S/C26H21BrN2O2/c1-2-31-26(30)24-18-25(29(28-24)22-15-13-21(27)14-16-22)23(20-11-7-4-8-12-20)17-19-9-5-3-6-10-19/h3-18H,2H2,1H3/b23-17+. The summed E-state index contributed by atoms with van der Waals surface area (Å²) in [5.41, 5.74) is 4.97. The lowest BCUT2D eigenvalue weighted by Crippen LogP contribution is -2.07. The smallest absolute Gasteiger partial charge is 0.358 e. The molecule has 0 atom stereocenters. The molecule has 0 saturated heterocycles. The zero-order valence-corrected chi connectivity index (χ0v) is 18.6. The minimum absolute atomic E-state index is 0.273. The van der Waals surface area contributed by atoms with Crippen LogP contribution in [0.5, 0.6) is 0 Å². The van der Waals surface area contributed by atoms with Gasteiger partial charge in [-0.3, -0.25) is 0 Å². The lowest BCUT2D eigenvalue weighted by molar-refractivity contribution is 0.0519. The second-order valence-corrected chi connectivity index (χ2v) is 7.77. The van der Waals surface area contributed by atoms with Crippen LogP contribution in [0.3, 0.4) is 0 Å². The first-order chi connectivity index (χ1) is 15.2. The maximum atomic E-state index is 12.5. The van der Waals surface area contributed by atoms with Crippen LogP contribution < -0.4 is 0 Å². The van der Waals surface area contributed by atoms with Gasteiger partial charge < -0.3 is 4.74 Å². The normalized spacial score (nSPS) is 11.4. The van der Waals surface area contributed by atoms with Gasteiger partial charge in [-0.05, 0) is 54.5 Å². The van der Waals surface area contributed by atoms with Crippen molar-refractivity contribution < 1.29 is 9.53 Å². The van der Waals surface area contributed by atoms with E-state index in [0.29, 0.717) is 6.61 Å². The second-order valence-electron chi connectivity index (χ2n) is 6.86. The second kappa shape index (κ2) is 9.58. The summed E-state index contributed by atoms with van der Waals surface area (Å²) in [7, 11) is 0. The summed E-state index contributed by atoms with van der Waals surface area (Å²) in [6, 6.07) is 29.8. The van der Waals surface area contributed by atoms with Gasteiger partial charge in [0.2, 0.25) is 0 Å². The molecule has 5 heteroatoms. The van der Waals surface area contributed by atoms with Crippen LogP contribution in [-0.2, 0) is 4.74 Å². The van der Waals surface area contributed by atoms with Gasteiger partial charge in [-0.15, -0.1) is 0 Å². The van der Waals surface area contributed by atoms with E-state index in [-0.39, 0.29) is 5.69 Å². The molecule has 4 nitrogen and oxygen atoms in total. The zero-order valence-electron chi connectivity index (χ0n) is 17.0. The highest BCUT2D eigenvalue weighted by atomic mass is 79.9. The number of ether oxygens (including phenoxy) is 1. The topological polar surface area (TPSA) is 44.1 Å². The number of esters is 1. The summed E-state index contributed by atoms with van der Waals surface area (Å²) in [5, 5.41) is 4.60. The Morgan fingerprint density at radius 1 is 0.968 bits per heavy atom. The Hall–Kier alpha value is -3.44. The molecule has 3 aromatic carbocycles. The molecule has 0 radical (unpaired) electrons. The van der Waals surface area contributed by atoms with E-state index in [1.165, 1.54) is 0 Å². The molecule has 0 saturated carbocycles. The summed E-state index contributed by atoms with van der Waals surface area (Å²) >= 11 is 3.48. The number of halogens is 1. The van der Waals surface area contributed by atoms with Gasteiger partial charge in [-0.25, -0.2) is 9.48 Å². The highest BCUT2D eigenvalue weighted by molar-refractivity contribution is 9.10. The number of benzene rings is 3. The van der Waals surface area contributed by atoms with E-state index < -0.39 is 5.97 Å². The van der Waals surface area contributed by atoms with Crippen LogP contribution in [0, 0.1) is 0 Å². The monoisotopic (exact) mass is 472 g/mol.